The highest BCUT2D eigenvalue weighted by Crippen LogP contribution is 2.29. The normalized spacial score (nSPS) is 21.0. The topological polar surface area (TPSA) is 72.9 Å². The van der Waals surface area contributed by atoms with Gasteiger partial charge in [0.1, 0.15) is 6.29 Å². The summed E-state index contributed by atoms with van der Waals surface area (Å²) >= 11 is 0. The second-order valence-corrected chi connectivity index (χ2v) is 6.57. The summed E-state index contributed by atoms with van der Waals surface area (Å²) < 4.78 is 38.5. The number of carbonyl (C=O) groups excluding carboxylic acids is 1. The van der Waals surface area contributed by atoms with E-state index >= 15 is 0 Å². The Kier molecular flexibility index (Phi) is 7.20. The lowest BCUT2D eigenvalue weighted by Crippen LogP contribution is -2.56. The molecular formula is C18H24F3N3O3. The minimum absolute atomic E-state index is 0.108. The van der Waals surface area contributed by atoms with Gasteiger partial charge in [-0.3, -0.25) is 9.80 Å². The number of nitrogens with zero attached hydrogens (tertiary/aromatic N) is 2. The van der Waals surface area contributed by atoms with Gasteiger partial charge in [0.25, 0.3) is 0 Å². The smallest absolute Gasteiger partial charge is 0.416 e. The zero-order valence-electron chi connectivity index (χ0n) is 15.1. The average molecular weight is 387 g/mol. The first kappa shape index (κ1) is 21.2. The minimum atomic E-state index is -4.36. The fraction of sp³-hybridized carbons (Fsp3) is 0.556. The molecule has 0 aliphatic carbocycles. The van der Waals surface area contributed by atoms with Crippen LogP contribution >= 0.6 is 0 Å². The summed E-state index contributed by atoms with van der Waals surface area (Å²) in [6.45, 7) is 0.985. The molecule has 1 amide bonds. The number of piperidine rings is 1. The zero-order valence-corrected chi connectivity index (χ0v) is 15.1. The molecule has 1 aromatic carbocycles. The lowest BCUT2D eigenvalue weighted by molar-refractivity contribution is -0.137. The molecule has 9 heteroatoms. The number of hydrogen-bond donors (Lipinski definition) is 2. The number of nitrogens with one attached hydrogen (secondary N) is 1. The van der Waals surface area contributed by atoms with E-state index in [0.717, 1.165) is 17.0 Å². The molecule has 1 saturated heterocycles. The van der Waals surface area contributed by atoms with Crippen LogP contribution in [0.3, 0.4) is 0 Å². The number of aldehydes is 1. The molecule has 1 aliphatic heterocycles. The quantitative estimate of drug-likeness (QED) is 0.703. The van der Waals surface area contributed by atoms with E-state index in [4.69, 9.17) is 0 Å². The van der Waals surface area contributed by atoms with Crippen LogP contribution in [0.1, 0.15) is 24.0 Å². The van der Waals surface area contributed by atoms with Crippen LogP contribution in [0.25, 0.3) is 0 Å². The predicted molar refractivity (Wildman–Crippen MR) is 93.4 cm³/mol. The largest absolute Gasteiger partial charge is 0.465 e. The summed E-state index contributed by atoms with van der Waals surface area (Å²) in [4.78, 5) is 25.3. The maximum absolute atomic E-state index is 12.8. The molecule has 0 saturated carbocycles. The van der Waals surface area contributed by atoms with E-state index in [1.165, 1.54) is 6.07 Å². The zero-order chi connectivity index (χ0) is 20.0. The molecule has 1 heterocycles. The van der Waals surface area contributed by atoms with Crippen molar-refractivity contribution in [2.45, 2.75) is 37.6 Å². The molecule has 6 nitrogen and oxygen atoms in total. The second-order valence-electron chi connectivity index (χ2n) is 6.57. The maximum atomic E-state index is 12.8. The van der Waals surface area contributed by atoms with Crippen molar-refractivity contribution in [3.8, 4) is 0 Å². The van der Waals surface area contributed by atoms with Crippen molar-refractivity contribution in [1.82, 2.24) is 15.1 Å². The molecule has 2 atom stereocenters. The molecule has 1 aliphatic rings. The Hall–Kier alpha value is -2.13. The van der Waals surface area contributed by atoms with E-state index in [0.29, 0.717) is 44.2 Å². The summed E-state index contributed by atoms with van der Waals surface area (Å²) in [7, 11) is 1.76. The first-order valence-corrected chi connectivity index (χ1v) is 8.77. The third-order valence-electron chi connectivity index (χ3n) is 4.92. The number of rotatable bonds is 7. The van der Waals surface area contributed by atoms with Crippen molar-refractivity contribution in [3.63, 3.8) is 0 Å². The Morgan fingerprint density at radius 3 is 2.78 bits per heavy atom. The summed E-state index contributed by atoms with van der Waals surface area (Å²) in [6.07, 6.45) is -3.48. The molecule has 2 rings (SSSR count). The molecule has 0 bridgehead atoms. The van der Waals surface area contributed by atoms with Gasteiger partial charge in [0.15, 0.2) is 0 Å². The van der Waals surface area contributed by atoms with E-state index in [9.17, 15) is 27.9 Å². The predicted octanol–water partition coefficient (Wildman–Crippen LogP) is 2.44. The van der Waals surface area contributed by atoms with Crippen molar-refractivity contribution in [1.29, 1.82) is 0 Å². The second kappa shape index (κ2) is 9.18. The molecule has 0 spiro atoms. The standard InChI is InChI=1S/C18H24F3N3O3/c1-22-16-12-15(24(9-10-25)17(26)27)6-8-23(16)7-5-13-3-2-4-14(11-13)18(19,20)21/h2-4,10-11,15-16,22H,5-9,12H2,1H3,(H,26,27). The number of hydrogen-bond acceptors (Lipinski definition) is 4. The van der Waals surface area contributed by atoms with Gasteiger partial charge in [-0.15, -0.1) is 0 Å². The molecule has 27 heavy (non-hydrogen) atoms. The Morgan fingerprint density at radius 1 is 1.44 bits per heavy atom. The first-order valence-electron chi connectivity index (χ1n) is 8.77. The van der Waals surface area contributed by atoms with E-state index in [1.807, 2.05) is 0 Å². The van der Waals surface area contributed by atoms with Crippen molar-refractivity contribution in [3.05, 3.63) is 35.4 Å². The lowest BCUT2D eigenvalue weighted by Gasteiger charge is -2.42. The van der Waals surface area contributed by atoms with Crippen LogP contribution in [0.15, 0.2) is 24.3 Å². The van der Waals surface area contributed by atoms with Crippen LogP contribution < -0.4 is 5.32 Å². The van der Waals surface area contributed by atoms with Gasteiger partial charge in [-0.1, -0.05) is 18.2 Å². The molecule has 150 valence electrons. The fourth-order valence-corrected chi connectivity index (χ4v) is 3.49. The third-order valence-corrected chi connectivity index (χ3v) is 4.92. The average Bonchev–Trinajstić information content (AvgIpc) is 2.63. The highest BCUT2D eigenvalue weighted by molar-refractivity contribution is 5.69. The number of amides is 1. The SMILES string of the molecule is CNC1CC(N(CC=O)C(=O)O)CCN1CCc1cccc(C(F)(F)F)c1. The van der Waals surface area contributed by atoms with Gasteiger partial charge in [0.05, 0.1) is 18.3 Å². The van der Waals surface area contributed by atoms with Gasteiger partial charge in [-0.25, -0.2) is 4.79 Å². The molecule has 2 N–H and O–H groups in total. The minimum Gasteiger partial charge on any atom is -0.465 e. The van der Waals surface area contributed by atoms with Gasteiger partial charge in [0, 0.05) is 19.1 Å². The Bertz CT molecular complexity index is 654. The van der Waals surface area contributed by atoms with Crippen LogP contribution in [0, 0.1) is 0 Å². The summed E-state index contributed by atoms with van der Waals surface area (Å²) in [5.74, 6) is 0. The van der Waals surface area contributed by atoms with Crippen molar-refractivity contribution < 1.29 is 27.9 Å². The van der Waals surface area contributed by atoms with E-state index in [2.05, 4.69) is 10.2 Å². The molecule has 1 aromatic rings. The van der Waals surface area contributed by atoms with E-state index < -0.39 is 17.8 Å². The highest BCUT2D eigenvalue weighted by atomic mass is 19.4. The van der Waals surface area contributed by atoms with Crippen molar-refractivity contribution in [2.75, 3.05) is 26.7 Å². The highest BCUT2D eigenvalue weighted by Gasteiger charge is 2.33. The van der Waals surface area contributed by atoms with Crippen LogP contribution in [0.5, 0.6) is 0 Å². The molecule has 0 radical (unpaired) electrons. The monoisotopic (exact) mass is 387 g/mol. The van der Waals surface area contributed by atoms with Crippen LogP contribution in [-0.2, 0) is 17.4 Å². The number of carbonyl (C=O) groups is 2. The molecule has 1 fully saturated rings. The third kappa shape index (κ3) is 5.67. The molecular weight excluding hydrogens is 363 g/mol. The lowest BCUT2D eigenvalue weighted by atomic mass is 9.99. The van der Waals surface area contributed by atoms with Gasteiger partial charge < -0.3 is 15.2 Å². The summed E-state index contributed by atoms with van der Waals surface area (Å²) in [6, 6.07) is 5.03. The van der Waals surface area contributed by atoms with Crippen LogP contribution in [-0.4, -0.2) is 66.2 Å². The van der Waals surface area contributed by atoms with Gasteiger partial charge in [-0.2, -0.15) is 13.2 Å². The number of alkyl halides is 3. The maximum Gasteiger partial charge on any atom is 0.416 e. The van der Waals surface area contributed by atoms with Crippen LogP contribution in [0.4, 0.5) is 18.0 Å². The molecule has 2 unspecified atom stereocenters. The number of likely N-dealkylation sites (tertiary alicyclic amines) is 1. The van der Waals surface area contributed by atoms with Crippen LogP contribution in [0.2, 0.25) is 0 Å². The Balaban J connectivity index is 1.98. The number of carboxylic acid groups (broad SMARTS) is 1. The van der Waals surface area contributed by atoms with Crippen molar-refractivity contribution in [2.24, 2.45) is 0 Å². The van der Waals surface area contributed by atoms with Gasteiger partial charge in [0.2, 0.25) is 0 Å². The Morgan fingerprint density at radius 2 is 2.19 bits per heavy atom. The van der Waals surface area contributed by atoms with Gasteiger partial charge in [-0.05, 0) is 37.9 Å². The molecule has 0 aromatic heterocycles. The number of halogens is 3. The van der Waals surface area contributed by atoms with Crippen molar-refractivity contribution >= 4 is 12.4 Å². The summed E-state index contributed by atoms with van der Waals surface area (Å²) in [5.41, 5.74) is -0.0512. The summed E-state index contributed by atoms with van der Waals surface area (Å²) in [5, 5.41) is 12.4. The fourth-order valence-electron chi connectivity index (χ4n) is 3.49. The number of benzene rings is 1. The Labute approximate surface area is 155 Å². The van der Waals surface area contributed by atoms with Gasteiger partial charge >= 0.3 is 12.3 Å². The van der Waals surface area contributed by atoms with E-state index in [-0.39, 0.29) is 18.8 Å². The van der Waals surface area contributed by atoms with E-state index in [1.54, 1.807) is 13.1 Å². The first-order chi connectivity index (χ1) is 12.8.